The Hall–Kier alpha value is -1.22. The number of aryl methyl sites for hydroxylation is 1. The molecule has 1 atom stereocenters. The van der Waals surface area contributed by atoms with E-state index in [0.717, 1.165) is 21.7 Å². The minimum Gasteiger partial charge on any atom is -0.464 e. The van der Waals surface area contributed by atoms with Crippen LogP contribution < -0.4 is 5.32 Å². The van der Waals surface area contributed by atoms with E-state index in [2.05, 4.69) is 28.2 Å². The largest absolute Gasteiger partial charge is 0.464 e. The van der Waals surface area contributed by atoms with Crippen LogP contribution in [0.5, 0.6) is 0 Å². The van der Waals surface area contributed by atoms with Crippen LogP contribution in [0.4, 0.5) is 5.69 Å². The summed E-state index contributed by atoms with van der Waals surface area (Å²) in [5, 5.41) is 3.39. The summed E-state index contributed by atoms with van der Waals surface area (Å²) in [5.74, 6) is 1.90. The Kier molecular flexibility index (Phi) is 3.34. The number of rotatable bonds is 3. The average molecular weight is 280 g/mol. The van der Waals surface area contributed by atoms with Gasteiger partial charge in [0, 0.05) is 10.2 Å². The quantitative estimate of drug-likeness (QED) is 0.894. The Labute approximate surface area is 104 Å². The van der Waals surface area contributed by atoms with Crippen LogP contribution in [-0.4, -0.2) is 0 Å². The number of hydrogen-bond acceptors (Lipinski definition) is 2. The SMILES string of the molecule is Cc1ccc(C(C)Nc2cccc(Br)c2)o1. The van der Waals surface area contributed by atoms with Crippen LogP contribution in [0.3, 0.4) is 0 Å². The fraction of sp³-hybridized carbons (Fsp3) is 0.231. The highest BCUT2D eigenvalue weighted by Gasteiger charge is 2.08. The molecule has 0 saturated heterocycles. The van der Waals surface area contributed by atoms with Gasteiger partial charge < -0.3 is 9.73 Å². The maximum Gasteiger partial charge on any atom is 0.126 e. The van der Waals surface area contributed by atoms with Gasteiger partial charge in [-0.15, -0.1) is 0 Å². The lowest BCUT2D eigenvalue weighted by molar-refractivity contribution is 0.467. The third-order valence-corrected chi connectivity index (χ3v) is 2.89. The summed E-state index contributed by atoms with van der Waals surface area (Å²) in [5.41, 5.74) is 1.08. The van der Waals surface area contributed by atoms with Gasteiger partial charge in [-0.05, 0) is 44.2 Å². The Morgan fingerprint density at radius 3 is 2.69 bits per heavy atom. The molecule has 1 unspecified atom stereocenters. The molecule has 1 aromatic heterocycles. The molecule has 2 nitrogen and oxygen atoms in total. The van der Waals surface area contributed by atoms with Crippen LogP contribution in [0.15, 0.2) is 45.3 Å². The molecule has 0 aliphatic heterocycles. The Morgan fingerprint density at radius 1 is 1.25 bits per heavy atom. The van der Waals surface area contributed by atoms with Crippen molar-refractivity contribution in [1.29, 1.82) is 0 Å². The first-order valence-corrected chi connectivity index (χ1v) is 6.03. The molecule has 0 amide bonds. The second-order valence-corrected chi connectivity index (χ2v) is 4.74. The van der Waals surface area contributed by atoms with Crippen molar-refractivity contribution >= 4 is 21.6 Å². The molecule has 0 radical (unpaired) electrons. The van der Waals surface area contributed by atoms with Crippen LogP contribution in [0.2, 0.25) is 0 Å². The van der Waals surface area contributed by atoms with E-state index in [1.54, 1.807) is 0 Å². The summed E-state index contributed by atoms with van der Waals surface area (Å²) in [7, 11) is 0. The van der Waals surface area contributed by atoms with Crippen LogP contribution in [0.25, 0.3) is 0 Å². The molecule has 1 heterocycles. The molecule has 0 aliphatic rings. The topological polar surface area (TPSA) is 25.2 Å². The molecular weight excluding hydrogens is 266 g/mol. The molecule has 0 aliphatic carbocycles. The lowest BCUT2D eigenvalue weighted by Gasteiger charge is -2.13. The van der Waals surface area contributed by atoms with E-state index >= 15 is 0 Å². The summed E-state index contributed by atoms with van der Waals surface area (Å²) in [6.07, 6.45) is 0. The van der Waals surface area contributed by atoms with Crippen molar-refractivity contribution in [1.82, 2.24) is 0 Å². The molecule has 2 rings (SSSR count). The van der Waals surface area contributed by atoms with Gasteiger partial charge in [-0.25, -0.2) is 0 Å². The maximum atomic E-state index is 5.57. The first-order valence-electron chi connectivity index (χ1n) is 5.23. The summed E-state index contributed by atoms with van der Waals surface area (Å²) >= 11 is 3.45. The van der Waals surface area contributed by atoms with Crippen molar-refractivity contribution in [2.75, 3.05) is 5.32 Å². The van der Waals surface area contributed by atoms with Gasteiger partial charge in [0.25, 0.3) is 0 Å². The molecule has 0 fully saturated rings. The number of halogens is 1. The zero-order valence-corrected chi connectivity index (χ0v) is 10.9. The van der Waals surface area contributed by atoms with Crippen LogP contribution in [-0.2, 0) is 0 Å². The summed E-state index contributed by atoms with van der Waals surface area (Å²) < 4.78 is 6.64. The maximum absolute atomic E-state index is 5.57. The van der Waals surface area contributed by atoms with Crippen molar-refractivity contribution in [3.63, 3.8) is 0 Å². The van der Waals surface area contributed by atoms with E-state index in [1.165, 1.54) is 0 Å². The molecule has 16 heavy (non-hydrogen) atoms. The van der Waals surface area contributed by atoms with E-state index in [9.17, 15) is 0 Å². The Morgan fingerprint density at radius 2 is 2.06 bits per heavy atom. The second-order valence-electron chi connectivity index (χ2n) is 3.82. The van der Waals surface area contributed by atoms with Gasteiger partial charge in [-0.2, -0.15) is 0 Å². The second kappa shape index (κ2) is 4.74. The zero-order valence-electron chi connectivity index (χ0n) is 9.33. The summed E-state index contributed by atoms with van der Waals surface area (Å²) in [6.45, 7) is 4.04. The average Bonchev–Trinajstić information content (AvgIpc) is 2.65. The minimum absolute atomic E-state index is 0.169. The molecule has 84 valence electrons. The van der Waals surface area contributed by atoms with Gasteiger partial charge in [0.15, 0.2) is 0 Å². The first kappa shape index (κ1) is 11.3. The zero-order chi connectivity index (χ0) is 11.5. The third-order valence-electron chi connectivity index (χ3n) is 2.40. The summed E-state index contributed by atoms with van der Waals surface area (Å²) in [6, 6.07) is 12.3. The number of anilines is 1. The highest BCUT2D eigenvalue weighted by atomic mass is 79.9. The van der Waals surface area contributed by atoms with Crippen molar-refractivity contribution in [2.45, 2.75) is 19.9 Å². The van der Waals surface area contributed by atoms with Gasteiger partial charge in [0.05, 0.1) is 6.04 Å². The van der Waals surface area contributed by atoms with E-state index < -0.39 is 0 Å². The van der Waals surface area contributed by atoms with Gasteiger partial charge in [-0.1, -0.05) is 22.0 Å². The van der Waals surface area contributed by atoms with Crippen LogP contribution in [0, 0.1) is 6.92 Å². The third kappa shape index (κ3) is 2.67. The van der Waals surface area contributed by atoms with E-state index in [-0.39, 0.29) is 6.04 Å². The van der Waals surface area contributed by atoms with Crippen molar-refractivity contribution in [3.8, 4) is 0 Å². The molecule has 0 bridgehead atoms. The molecule has 0 saturated carbocycles. The van der Waals surface area contributed by atoms with Crippen molar-refractivity contribution in [3.05, 3.63) is 52.4 Å². The molecular formula is C13H14BrNO. The van der Waals surface area contributed by atoms with Crippen molar-refractivity contribution in [2.24, 2.45) is 0 Å². The van der Waals surface area contributed by atoms with E-state index in [1.807, 2.05) is 43.3 Å². The Balaban J connectivity index is 2.10. The minimum atomic E-state index is 0.169. The highest BCUT2D eigenvalue weighted by molar-refractivity contribution is 9.10. The normalized spacial score (nSPS) is 12.4. The predicted molar refractivity (Wildman–Crippen MR) is 69.6 cm³/mol. The van der Waals surface area contributed by atoms with E-state index in [0.29, 0.717) is 0 Å². The van der Waals surface area contributed by atoms with Gasteiger partial charge in [0.2, 0.25) is 0 Å². The van der Waals surface area contributed by atoms with Crippen molar-refractivity contribution < 1.29 is 4.42 Å². The standard InChI is InChI=1S/C13H14BrNO/c1-9-6-7-13(16-9)10(2)15-12-5-3-4-11(14)8-12/h3-8,10,15H,1-2H3. The molecule has 0 spiro atoms. The van der Waals surface area contributed by atoms with Crippen LogP contribution in [0.1, 0.15) is 24.5 Å². The smallest absolute Gasteiger partial charge is 0.126 e. The lowest BCUT2D eigenvalue weighted by atomic mass is 10.2. The molecule has 1 N–H and O–H groups in total. The molecule has 1 aromatic carbocycles. The van der Waals surface area contributed by atoms with E-state index in [4.69, 9.17) is 4.42 Å². The summed E-state index contributed by atoms with van der Waals surface area (Å²) in [4.78, 5) is 0. The fourth-order valence-electron chi connectivity index (χ4n) is 1.59. The molecule has 3 heteroatoms. The number of nitrogens with one attached hydrogen (secondary N) is 1. The highest BCUT2D eigenvalue weighted by Crippen LogP contribution is 2.23. The lowest BCUT2D eigenvalue weighted by Crippen LogP contribution is -2.05. The monoisotopic (exact) mass is 279 g/mol. The Bertz CT molecular complexity index is 478. The van der Waals surface area contributed by atoms with Gasteiger partial charge >= 0.3 is 0 Å². The molecule has 2 aromatic rings. The first-order chi connectivity index (χ1) is 7.65. The fourth-order valence-corrected chi connectivity index (χ4v) is 1.98. The number of hydrogen-bond donors (Lipinski definition) is 1. The van der Waals surface area contributed by atoms with Crippen LogP contribution >= 0.6 is 15.9 Å². The van der Waals surface area contributed by atoms with Gasteiger partial charge in [-0.3, -0.25) is 0 Å². The number of benzene rings is 1. The van der Waals surface area contributed by atoms with Gasteiger partial charge in [0.1, 0.15) is 11.5 Å². The predicted octanol–water partition coefficient (Wildman–Crippen LogP) is 4.52. The number of furan rings is 1.